The summed E-state index contributed by atoms with van der Waals surface area (Å²) in [5, 5.41) is 0. The number of nitrogens with zero attached hydrogens (tertiary/aromatic N) is 2. The fourth-order valence-corrected chi connectivity index (χ4v) is 4.37. The van der Waals surface area contributed by atoms with E-state index in [0.717, 1.165) is 19.3 Å². The molecule has 2 atom stereocenters. The van der Waals surface area contributed by atoms with Gasteiger partial charge < -0.3 is 5.73 Å². The lowest BCUT2D eigenvalue weighted by Gasteiger charge is -2.37. The second-order valence-electron chi connectivity index (χ2n) is 4.88. The predicted molar refractivity (Wildman–Crippen MR) is 70.4 cm³/mol. The fraction of sp³-hybridized carbons (Fsp3) is 0.583. The average molecular weight is 269 g/mol. The molecule has 1 aromatic rings. The van der Waals surface area contributed by atoms with E-state index < -0.39 is 10.0 Å². The molecule has 2 N–H and O–H groups in total. The first-order chi connectivity index (χ1) is 8.43. The Labute approximate surface area is 108 Å². The summed E-state index contributed by atoms with van der Waals surface area (Å²) in [5.41, 5.74) is 5.48. The molecule has 1 saturated heterocycles. The molecule has 0 unspecified atom stereocenters. The van der Waals surface area contributed by atoms with Gasteiger partial charge in [-0.3, -0.25) is 0 Å². The van der Waals surface area contributed by atoms with E-state index in [2.05, 4.69) is 4.98 Å². The Morgan fingerprint density at radius 2 is 1.89 bits per heavy atom. The minimum absolute atomic E-state index is 0.0382. The third-order valence-electron chi connectivity index (χ3n) is 3.45. The van der Waals surface area contributed by atoms with Crippen molar-refractivity contribution < 1.29 is 8.42 Å². The van der Waals surface area contributed by atoms with Crippen LogP contribution in [0, 0.1) is 0 Å². The molecule has 2 rings (SSSR count). The Bertz CT molecular complexity index is 503. The summed E-state index contributed by atoms with van der Waals surface area (Å²) in [6, 6.07) is 3.12. The summed E-state index contributed by atoms with van der Waals surface area (Å²) in [6.45, 7) is 3.91. The van der Waals surface area contributed by atoms with Crippen molar-refractivity contribution in [2.45, 2.75) is 50.1 Å². The molecular weight excluding hydrogens is 250 g/mol. The van der Waals surface area contributed by atoms with E-state index in [1.807, 2.05) is 13.8 Å². The largest absolute Gasteiger partial charge is 0.384 e. The van der Waals surface area contributed by atoms with Crippen LogP contribution in [0.5, 0.6) is 0 Å². The number of aromatic nitrogens is 1. The van der Waals surface area contributed by atoms with Gasteiger partial charge in [0.1, 0.15) is 10.7 Å². The quantitative estimate of drug-likeness (QED) is 0.885. The molecule has 18 heavy (non-hydrogen) atoms. The van der Waals surface area contributed by atoms with Crippen molar-refractivity contribution in [1.29, 1.82) is 0 Å². The molecule has 0 spiro atoms. The van der Waals surface area contributed by atoms with Gasteiger partial charge in [-0.05, 0) is 38.8 Å². The first-order valence-electron chi connectivity index (χ1n) is 6.18. The molecule has 0 amide bonds. The van der Waals surface area contributed by atoms with Crippen molar-refractivity contribution in [2.24, 2.45) is 0 Å². The van der Waals surface area contributed by atoms with Crippen LogP contribution in [-0.2, 0) is 10.0 Å². The zero-order valence-corrected chi connectivity index (χ0v) is 11.5. The van der Waals surface area contributed by atoms with E-state index >= 15 is 0 Å². The number of hydrogen-bond donors (Lipinski definition) is 1. The Balaban J connectivity index is 2.38. The number of nitrogens with two attached hydrogens (primary N) is 1. The van der Waals surface area contributed by atoms with Gasteiger partial charge in [-0.2, -0.15) is 4.31 Å². The third kappa shape index (κ3) is 2.35. The highest BCUT2D eigenvalue weighted by atomic mass is 32.2. The molecule has 2 heterocycles. The second kappa shape index (κ2) is 4.85. The van der Waals surface area contributed by atoms with Gasteiger partial charge in [-0.25, -0.2) is 13.4 Å². The van der Waals surface area contributed by atoms with Gasteiger partial charge in [0.25, 0.3) is 0 Å². The van der Waals surface area contributed by atoms with Gasteiger partial charge in [-0.1, -0.05) is 6.42 Å². The minimum Gasteiger partial charge on any atom is -0.384 e. The van der Waals surface area contributed by atoms with Crippen LogP contribution < -0.4 is 5.73 Å². The molecule has 0 bridgehead atoms. The summed E-state index contributed by atoms with van der Waals surface area (Å²) in [6.07, 6.45) is 4.23. The zero-order chi connectivity index (χ0) is 13.3. The third-order valence-corrected chi connectivity index (χ3v) is 5.56. The summed E-state index contributed by atoms with van der Waals surface area (Å²) < 4.78 is 26.7. The van der Waals surface area contributed by atoms with Crippen molar-refractivity contribution in [2.75, 3.05) is 5.73 Å². The molecule has 0 aliphatic carbocycles. The van der Waals surface area contributed by atoms with Crippen molar-refractivity contribution in [3.63, 3.8) is 0 Å². The van der Waals surface area contributed by atoms with Crippen LogP contribution in [0.2, 0.25) is 0 Å². The maximum Gasteiger partial charge on any atom is 0.245 e. The number of anilines is 1. The van der Waals surface area contributed by atoms with E-state index in [-0.39, 0.29) is 17.0 Å². The van der Waals surface area contributed by atoms with E-state index in [1.165, 1.54) is 18.3 Å². The van der Waals surface area contributed by atoms with Gasteiger partial charge in [0.05, 0.1) is 0 Å². The SMILES string of the molecule is C[C@@H]1CCC[C@H](C)N1S(=O)(=O)c1ccc(N)nc1. The Hall–Kier alpha value is -1.14. The van der Waals surface area contributed by atoms with E-state index in [1.54, 1.807) is 4.31 Å². The first kappa shape index (κ1) is 13.3. The van der Waals surface area contributed by atoms with Crippen LogP contribution in [0.15, 0.2) is 23.2 Å². The van der Waals surface area contributed by atoms with Crippen LogP contribution in [0.1, 0.15) is 33.1 Å². The van der Waals surface area contributed by atoms with Gasteiger partial charge >= 0.3 is 0 Å². The van der Waals surface area contributed by atoms with Crippen molar-refractivity contribution >= 4 is 15.8 Å². The maximum absolute atomic E-state index is 12.6. The number of hydrogen-bond acceptors (Lipinski definition) is 4. The van der Waals surface area contributed by atoms with Crippen LogP contribution in [0.4, 0.5) is 5.82 Å². The predicted octanol–water partition coefficient (Wildman–Crippen LogP) is 1.62. The van der Waals surface area contributed by atoms with E-state index in [9.17, 15) is 8.42 Å². The number of piperidine rings is 1. The number of nitrogen functional groups attached to an aromatic ring is 1. The van der Waals surface area contributed by atoms with Crippen LogP contribution >= 0.6 is 0 Å². The summed E-state index contributed by atoms with van der Waals surface area (Å²) in [4.78, 5) is 4.08. The standard InChI is InChI=1S/C12H19N3O2S/c1-9-4-3-5-10(2)15(9)18(16,17)11-6-7-12(13)14-8-11/h6-10H,3-5H2,1-2H3,(H2,13,14)/t9-,10+. The van der Waals surface area contributed by atoms with Crippen LogP contribution in [0.3, 0.4) is 0 Å². The lowest BCUT2D eigenvalue weighted by molar-refractivity contribution is 0.204. The fourth-order valence-electron chi connectivity index (χ4n) is 2.54. The summed E-state index contributed by atoms with van der Waals surface area (Å²) in [5.74, 6) is 0.327. The minimum atomic E-state index is -3.46. The molecule has 0 radical (unpaired) electrons. The first-order valence-corrected chi connectivity index (χ1v) is 7.62. The maximum atomic E-state index is 12.6. The van der Waals surface area contributed by atoms with Crippen LogP contribution in [-0.4, -0.2) is 29.8 Å². The molecule has 1 aliphatic heterocycles. The highest BCUT2D eigenvalue weighted by Gasteiger charge is 2.35. The Kier molecular flexibility index (Phi) is 3.59. The van der Waals surface area contributed by atoms with Gasteiger partial charge in [-0.15, -0.1) is 0 Å². The molecule has 0 saturated carbocycles. The second-order valence-corrected chi connectivity index (χ2v) is 6.73. The zero-order valence-electron chi connectivity index (χ0n) is 10.7. The van der Waals surface area contributed by atoms with Gasteiger partial charge in [0.2, 0.25) is 10.0 Å². The molecule has 0 aromatic carbocycles. The number of rotatable bonds is 2. The summed E-state index contributed by atoms with van der Waals surface area (Å²) in [7, 11) is -3.46. The molecular formula is C12H19N3O2S. The molecule has 6 heteroatoms. The highest BCUT2D eigenvalue weighted by Crippen LogP contribution is 2.29. The monoisotopic (exact) mass is 269 g/mol. The van der Waals surface area contributed by atoms with Crippen LogP contribution in [0.25, 0.3) is 0 Å². The molecule has 5 nitrogen and oxygen atoms in total. The molecule has 1 aliphatic rings. The Morgan fingerprint density at radius 3 is 2.39 bits per heavy atom. The lowest BCUT2D eigenvalue weighted by Crippen LogP contribution is -2.47. The smallest absolute Gasteiger partial charge is 0.245 e. The van der Waals surface area contributed by atoms with Crippen molar-refractivity contribution in [3.8, 4) is 0 Å². The summed E-state index contributed by atoms with van der Waals surface area (Å²) >= 11 is 0. The van der Waals surface area contributed by atoms with Gasteiger partial charge in [0.15, 0.2) is 0 Å². The number of sulfonamides is 1. The molecule has 100 valence electrons. The van der Waals surface area contributed by atoms with E-state index in [0.29, 0.717) is 5.82 Å². The average Bonchev–Trinajstić information content (AvgIpc) is 2.29. The normalized spacial score (nSPS) is 26.1. The molecule has 1 aromatic heterocycles. The van der Waals surface area contributed by atoms with E-state index in [4.69, 9.17) is 5.73 Å². The topological polar surface area (TPSA) is 76.3 Å². The van der Waals surface area contributed by atoms with Crippen molar-refractivity contribution in [3.05, 3.63) is 18.3 Å². The highest BCUT2D eigenvalue weighted by molar-refractivity contribution is 7.89. The Morgan fingerprint density at radius 1 is 1.28 bits per heavy atom. The van der Waals surface area contributed by atoms with Gasteiger partial charge in [0, 0.05) is 18.3 Å². The van der Waals surface area contributed by atoms with Crippen molar-refractivity contribution in [1.82, 2.24) is 9.29 Å². The lowest BCUT2D eigenvalue weighted by atomic mass is 10.0. The molecule has 1 fully saturated rings. The number of pyridine rings is 1.